The Morgan fingerprint density at radius 1 is 1.20 bits per heavy atom. The fraction of sp³-hybridized carbons (Fsp3) is 0.333. The van der Waals surface area contributed by atoms with Crippen LogP contribution in [0.3, 0.4) is 0 Å². The average Bonchev–Trinajstić information content (AvgIpc) is 2.92. The van der Waals surface area contributed by atoms with Crippen molar-refractivity contribution in [2.45, 2.75) is 19.3 Å². The van der Waals surface area contributed by atoms with E-state index in [1.807, 2.05) is 18.2 Å². The number of hydrogen-bond donors (Lipinski definition) is 0. The van der Waals surface area contributed by atoms with Gasteiger partial charge in [0.15, 0.2) is 5.78 Å². The van der Waals surface area contributed by atoms with E-state index in [4.69, 9.17) is 9.47 Å². The van der Waals surface area contributed by atoms with Crippen LogP contribution in [-0.4, -0.2) is 25.0 Å². The maximum absolute atomic E-state index is 11.9. The summed E-state index contributed by atoms with van der Waals surface area (Å²) >= 11 is 1.46. The third-order valence-corrected chi connectivity index (χ3v) is 4.58. The van der Waals surface area contributed by atoms with Crippen molar-refractivity contribution in [1.29, 1.82) is 0 Å². The van der Waals surface area contributed by atoms with Crippen molar-refractivity contribution in [2.75, 3.05) is 14.2 Å². The quantitative estimate of drug-likeness (QED) is 0.869. The number of ketones is 1. The van der Waals surface area contributed by atoms with Crippen LogP contribution in [0.1, 0.15) is 28.2 Å². The molecule has 0 spiro atoms. The van der Waals surface area contributed by atoms with Crippen molar-refractivity contribution in [3.05, 3.63) is 28.8 Å². The summed E-state index contributed by atoms with van der Waals surface area (Å²) in [5.74, 6) is 1.66. The summed E-state index contributed by atoms with van der Waals surface area (Å²) < 4.78 is 10.6. The lowest BCUT2D eigenvalue weighted by Gasteiger charge is -2.08. The molecule has 0 aliphatic heterocycles. The topological polar surface area (TPSA) is 48.4 Å². The highest BCUT2D eigenvalue weighted by Gasteiger charge is 2.23. The number of aromatic nitrogens is 1. The molecule has 0 fully saturated rings. The third kappa shape index (κ3) is 2.18. The Bertz CT molecular complexity index is 663. The van der Waals surface area contributed by atoms with E-state index in [1.165, 1.54) is 11.3 Å². The van der Waals surface area contributed by atoms with Gasteiger partial charge < -0.3 is 9.47 Å². The van der Waals surface area contributed by atoms with E-state index >= 15 is 0 Å². The van der Waals surface area contributed by atoms with Gasteiger partial charge in [0, 0.05) is 12.5 Å². The molecule has 1 aliphatic rings. The number of fused-ring (bicyclic) bond motifs is 1. The summed E-state index contributed by atoms with van der Waals surface area (Å²) in [5.41, 5.74) is 1.83. The van der Waals surface area contributed by atoms with E-state index < -0.39 is 0 Å². The fourth-order valence-electron chi connectivity index (χ4n) is 2.36. The minimum atomic E-state index is 0.211. The van der Waals surface area contributed by atoms with Gasteiger partial charge in [0.1, 0.15) is 16.5 Å². The van der Waals surface area contributed by atoms with Gasteiger partial charge in [-0.25, -0.2) is 4.98 Å². The van der Waals surface area contributed by atoms with Crippen LogP contribution >= 0.6 is 11.3 Å². The van der Waals surface area contributed by atoms with Crippen molar-refractivity contribution in [1.82, 2.24) is 4.98 Å². The molecule has 1 aromatic heterocycles. The zero-order chi connectivity index (χ0) is 14.1. The van der Waals surface area contributed by atoms with Crippen LogP contribution in [0.5, 0.6) is 11.5 Å². The summed E-state index contributed by atoms with van der Waals surface area (Å²) in [4.78, 5) is 17.3. The third-order valence-electron chi connectivity index (χ3n) is 3.41. The molecule has 1 aromatic carbocycles. The average molecular weight is 289 g/mol. The van der Waals surface area contributed by atoms with Crippen LogP contribution in [0.15, 0.2) is 18.2 Å². The Labute approximate surface area is 121 Å². The molecule has 1 aliphatic carbocycles. The van der Waals surface area contributed by atoms with Crippen molar-refractivity contribution in [3.63, 3.8) is 0 Å². The van der Waals surface area contributed by atoms with Crippen LogP contribution in [0.2, 0.25) is 0 Å². The van der Waals surface area contributed by atoms with Gasteiger partial charge in [-0.15, -0.1) is 11.3 Å². The van der Waals surface area contributed by atoms with Gasteiger partial charge in [0.05, 0.1) is 30.4 Å². The second-order valence-corrected chi connectivity index (χ2v) is 5.64. The molecule has 0 amide bonds. The summed E-state index contributed by atoms with van der Waals surface area (Å²) in [6, 6.07) is 5.63. The highest BCUT2D eigenvalue weighted by atomic mass is 32.1. The summed E-state index contributed by atoms with van der Waals surface area (Å²) in [7, 11) is 3.24. The minimum Gasteiger partial charge on any atom is -0.497 e. The molecular weight excluding hydrogens is 274 g/mol. The Kier molecular flexibility index (Phi) is 3.44. The summed E-state index contributed by atoms with van der Waals surface area (Å²) in [5, 5.41) is 0.838. The molecule has 3 rings (SSSR count). The van der Waals surface area contributed by atoms with Crippen LogP contribution in [-0.2, 0) is 6.42 Å². The maximum atomic E-state index is 11.9. The summed E-state index contributed by atoms with van der Waals surface area (Å²) in [6.07, 6.45) is 2.42. The van der Waals surface area contributed by atoms with Gasteiger partial charge in [-0.05, 0) is 25.0 Å². The number of hydrogen-bond acceptors (Lipinski definition) is 5. The van der Waals surface area contributed by atoms with E-state index in [-0.39, 0.29) is 5.78 Å². The molecule has 4 nitrogen and oxygen atoms in total. The van der Waals surface area contributed by atoms with E-state index in [1.54, 1.807) is 14.2 Å². The van der Waals surface area contributed by atoms with Crippen molar-refractivity contribution < 1.29 is 14.3 Å². The number of benzene rings is 1. The molecule has 0 saturated carbocycles. The van der Waals surface area contributed by atoms with Crippen LogP contribution < -0.4 is 9.47 Å². The molecule has 104 valence electrons. The van der Waals surface area contributed by atoms with Gasteiger partial charge >= 0.3 is 0 Å². The van der Waals surface area contributed by atoms with Gasteiger partial charge in [0.25, 0.3) is 0 Å². The molecule has 20 heavy (non-hydrogen) atoms. The molecule has 0 atom stereocenters. The number of carbonyl (C=O) groups is 1. The number of ether oxygens (including phenoxy) is 2. The number of thiazole rings is 1. The molecular formula is C15H15NO3S. The first kappa shape index (κ1) is 13.1. The van der Waals surface area contributed by atoms with Gasteiger partial charge in [-0.3, -0.25) is 4.79 Å². The first-order valence-corrected chi connectivity index (χ1v) is 7.30. The lowest BCUT2D eigenvalue weighted by atomic mass is 10.0. The van der Waals surface area contributed by atoms with E-state index in [0.29, 0.717) is 12.2 Å². The van der Waals surface area contributed by atoms with Crippen LogP contribution in [0, 0.1) is 0 Å². The predicted molar refractivity (Wildman–Crippen MR) is 77.9 cm³/mol. The highest BCUT2D eigenvalue weighted by Crippen LogP contribution is 2.38. The maximum Gasteiger partial charge on any atom is 0.174 e. The van der Waals surface area contributed by atoms with Crippen molar-refractivity contribution >= 4 is 17.1 Å². The normalized spacial score (nSPS) is 14.0. The van der Waals surface area contributed by atoms with Crippen molar-refractivity contribution in [2.24, 2.45) is 0 Å². The van der Waals surface area contributed by atoms with E-state index in [0.717, 1.165) is 39.7 Å². The molecule has 2 aromatic rings. The Balaban J connectivity index is 2.07. The van der Waals surface area contributed by atoms with E-state index in [2.05, 4.69) is 4.98 Å². The largest absolute Gasteiger partial charge is 0.497 e. The summed E-state index contributed by atoms with van der Waals surface area (Å²) in [6.45, 7) is 0. The Hall–Kier alpha value is -1.88. The standard InChI is InChI=1S/C15H15NO3S/c1-18-9-6-7-10(13(8-9)19-2)15-16-11-4-3-5-12(17)14(11)20-15/h6-8H,3-5H2,1-2H3. The molecule has 0 saturated heterocycles. The number of carbonyl (C=O) groups excluding carboxylic acids is 1. The number of rotatable bonds is 3. The number of aryl methyl sites for hydroxylation is 1. The van der Waals surface area contributed by atoms with Gasteiger partial charge in [-0.2, -0.15) is 0 Å². The van der Waals surface area contributed by atoms with Gasteiger partial charge in [0.2, 0.25) is 0 Å². The monoisotopic (exact) mass is 289 g/mol. The molecule has 0 radical (unpaired) electrons. The SMILES string of the molecule is COc1ccc(-c2nc3c(s2)C(=O)CCC3)c(OC)c1. The smallest absolute Gasteiger partial charge is 0.174 e. The lowest BCUT2D eigenvalue weighted by Crippen LogP contribution is -2.07. The molecule has 0 bridgehead atoms. The minimum absolute atomic E-state index is 0.211. The molecule has 0 N–H and O–H groups in total. The second kappa shape index (κ2) is 5.25. The lowest BCUT2D eigenvalue weighted by molar-refractivity contribution is 0.0976. The molecule has 5 heteroatoms. The van der Waals surface area contributed by atoms with E-state index in [9.17, 15) is 4.79 Å². The van der Waals surface area contributed by atoms with Gasteiger partial charge in [-0.1, -0.05) is 0 Å². The van der Waals surface area contributed by atoms with Crippen molar-refractivity contribution in [3.8, 4) is 22.1 Å². The Morgan fingerprint density at radius 2 is 2.05 bits per heavy atom. The number of nitrogens with zero attached hydrogens (tertiary/aromatic N) is 1. The van der Waals surface area contributed by atoms with Crippen LogP contribution in [0.25, 0.3) is 10.6 Å². The fourth-order valence-corrected chi connectivity index (χ4v) is 3.47. The highest BCUT2D eigenvalue weighted by molar-refractivity contribution is 7.17. The number of Topliss-reactive ketones (excluding diaryl/α,β-unsaturated/α-hetero) is 1. The first-order chi connectivity index (χ1) is 9.72. The Morgan fingerprint density at radius 3 is 2.75 bits per heavy atom. The number of methoxy groups -OCH3 is 2. The zero-order valence-electron chi connectivity index (χ0n) is 11.4. The first-order valence-electron chi connectivity index (χ1n) is 6.48. The predicted octanol–water partition coefficient (Wildman–Crippen LogP) is 3.35. The second-order valence-electron chi connectivity index (χ2n) is 4.64. The van der Waals surface area contributed by atoms with Crippen LogP contribution in [0.4, 0.5) is 0 Å². The molecule has 0 unspecified atom stereocenters. The molecule has 1 heterocycles. The zero-order valence-corrected chi connectivity index (χ0v) is 12.3.